The Morgan fingerprint density at radius 1 is 1.61 bits per heavy atom. The number of nitrogens with zero attached hydrogens (tertiary/aromatic N) is 2. The molecule has 0 aromatic heterocycles. The topological polar surface area (TPSA) is 113 Å². The first-order valence-electron chi connectivity index (χ1n) is 5.04. The van der Waals surface area contributed by atoms with Crippen molar-refractivity contribution >= 4 is 11.7 Å². The van der Waals surface area contributed by atoms with Gasteiger partial charge in [-0.2, -0.15) is 5.26 Å². The SMILES string of the molecule is CCOC(=O)c1c(C#N)cc(CO)cc1[N+](=O)[O-]. The minimum atomic E-state index is -0.926. The van der Waals surface area contributed by atoms with Crippen LogP contribution in [0.5, 0.6) is 0 Å². The third kappa shape index (κ3) is 2.61. The van der Waals surface area contributed by atoms with E-state index >= 15 is 0 Å². The van der Waals surface area contributed by atoms with Gasteiger partial charge in [-0.25, -0.2) is 4.79 Å². The maximum absolute atomic E-state index is 11.6. The van der Waals surface area contributed by atoms with E-state index in [1.807, 2.05) is 0 Å². The molecule has 0 bridgehead atoms. The van der Waals surface area contributed by atoms with Gasteiger partial charge in [0.25, 0.3) is 5.69 Å². The number of nitro benzene ring substituents is 1. The highest BCUT2D eigenvalue weighted by molar-refractivity contribution is 5.96. The smallest absolute Gasteiger partial charge is 0.346 e. The van der Waals surface area contributed by atoms with Gasteiger partial charge in [-0.05, 0) is 18.6 Å². The maximum Gasteiger partial charge on any atom is 0.346 e. The van der Waals surface area contributed by atoms with E-state index in [4.69, 9.17) is 10.4 Å². The number of hydrogen-bond donors (Lipinski definition) is 1. The minimum absolute atomic E-state index is 0.0443. The summed E-state index contributed by atoms with van der Waals surface area (Å²) in [5, 5.41) is 28.7. The molecule has 0 saturated heterocycles. The number of rotatable bonds is 4. The van der Waals surface area contributed by atoms with Gasteiger partial charge in [0.05, 0.1) is 23.7 Å². The van der Waals surface area contributed by atoms with Crippen molar-refractivity contribution in [3.63, 3.8) is 0 Å². The lowest BCUT2D eigenvalue weighted by Gasteiger charge is -2.06. The first-order valence-corrected chi connectivity index (χ1v) is 5.04. The van der Waals surface area contributed by atoms with Crippen molar-refractivity contribution in [1.29, 1.82) is 5.26 Å². The van der Waals surface area contributed by atoms with Crippen LogP contribution in [0.25, 0.3) is 0 Å². The van der Waals surface area contributed by atoms with E-state index in [1.165, 1.54) is 6.07 Å². The molecule has 0 radical (unpaired) electrons. The Balaban J connectivity index is 3.50. The molecular formula is C11H10N2O5. The number of aliphatic hydroxyl groups is 1. The van der Waals surface area contributed by atoms with Crippen molar-refractivity contribution in [1.82, 2.24) is 0 Å². The molecule has 0 aliphatic rings. The zero-order valence-electron chi connectivity index (χ0n) is 9.54. The number of hydrogen-bond acceptors (Lipinski definition) is 6. The van der Waals surface area contributed by atoms with E-state index in [0.717, 1.165) is 6.07 Å². The Morgan fingerprint density at radius 2 is 2.28 bits per heavy atom. The first kappa shape index (κ1) is 13.6. The number of benzene rings is 1. The molecule has 1 aromatic rings. The summed E-state index contributed by atoms with van der Waals surface area (Å²) in [6.07, 6.45) is 0. The summed E-state index contributed by atoms with van der Waals surface area (Å²) < 4.78 is 4.68. The Hall–Kier alpha value is -2.46. The van der Waals surface area contributed by atoms with E-state index in [1.54, 1.807) is 13.0 Å². The van der Waals surface area contributed by atoms with Crippen LogP contribution >= 0.6 is 0 Å². The average Bonchev–Trinajstić information content (AvgIpc) is 2.37. The van der Waals surface area contributed by atoms with Crippen molar-refractivity contribution in [3.8, 4) is 6.07 Å². The molecule has 0 saturated carbocycles. The molecule has 1 N–H and O–H groups in total. The largest absolute Gasteiger partial charge is 0.462 e. The van der Waals surface area contributed by atoms with Crippen LogP contribution in [0.1, 0.15) is 28.4 Å². The zero-order chi connectivity index (χ0) is 13.7. The Bertz CT molecular complexity index is 533. The second kappa shape index (κ2) is 5.75. The highest BCUT2D eigenvalue weighted by Crippen LogP contribution is 2.25. The molecule has 0 unspecified atom stereocenters. The standard InChI is InChI=1S/C11H10N2O5/c1-2-18-11(15)10-8(5-12)3-7(6-14)4-9(10)13(16)17/h3-4,14H,2,6H2,1H3. The number of aliphatic hydroxyl groups excluding tert-OH is 1. The van der Waals surface area contributed by atoms with Crippen molar-refractivity contribution < 1.29 is 19.6 Å². The summed E-state index contributed by atoms with van der Waals surface area (Å²) in [5.41, 5.74) is -0.934. The second-order valence-electron chi connectivity index (χ2n) is 3.29. The molecule has 18 heavy (non-hydrogen) atoms. The number of carbonyl (C=O) groups is 1. The van der Waals surface area contributed by atoms with E-state index < -0.39 is 23.2 Å². The predicted octanol–water partition coefficient (Wildman–Crippen LogP) is 1.14. The van der Waals surface area contributed by atoms with Gasteiger partial charge in [-0.1, -0.05) is 0 Å². The highest BCUT2D eigenvalue weighted by atomic mass is 16.6. The zero-order valence-corrected chi connectivity index (χ0v) is 9.54. The lowest BCUT2D eigenvalue weighted by molar-refractivity contribution is -0.385. The fourth-order valence-corrected chi connectivity index (χ4v) is 1.43. The van der Waals surface area contributed by atoms with Crippen LogP contribution < -0.4 is 0 Å². The summed E-state index contributed by atoms with van der Waals surface area (Å²) in [6, 6.07) is 3.96. The molecule has 7 nitrogen and oxygen atoms in total. The van der Waals surface area contributed by atoms with E-state index in [2.05, 4.69) is 4.74 Å². The highest BCUT2D eigenvalue weighted by Gasteiger charge is 2.26. The van der Waals surface area contributed by atoms with Crippen LogP contribution in [0, 0.1) is 21.4 Å². The Kier molecular flexibility index (Phi) is 4.34. The van der Waals surface area contributed by atoms with Crippen LogP contribution in [0.2, 0.25) is 0 Å². The van der Waals surface area contributed by atoms with Crippen LogP contribution in [0.4, 0.5) is 5.69 Å². The number of ether oxygens (including phenoxy) is 1. The van der Waals surface area contributed by atoms with Crippen LogP contribution in [0.3, 0.4) is 0 Å². The van der Waals surface area contributed by atoms with E-state index in [-0.39, 0.29) is 23.3 Å². The minimum Gasteiger partial charge on any atom is -0.462 e. The quantitative estimate of drug-likeness (QED) is 0.486. The van der Waals surface area contributed by atoms with Gasteiger partial charge >= 0.3 is 5.97 Å². The predicted molar refractivity (Wildman–Crippen MR) is 59.7 cm³/mol. The van der Waals surface area contributed by atoms with Crippen molar-refractivity contribution in [2.45, 2.75) is 13.5 Å². The fraction of sp³-hybridized carbons (Fsp3) is 0.273. The lowest BCUT2D eigenvalue weighted by Crippen LogP contribution is -2.11. The molecule has 0 atom stereocenters. The molecule has 7 heteroatoms. The molecule has 0 amide bonds. The van der Waals surface area contributed by atoms with Gasteiger partial charge in [0.2, 0.25) is 0 Å². The van der Waals surface area contributed by atoms with Crippen molar-refractivity contribution in [2.75, 3.05) is 6.61 Å². The number of nitriles is 1. The summed E-state index contributed by atoms with van der Waals surface area (Å²) in [7, 11) is 0. The fourth-order valence-electron chi connectivity index (χ4n) is 1.43. The van der Waals surface area contributed by atoms with Crippen LogP contribution in [-0.4, -0.2) is 22.6 Å². The average molecular weight is 250 g/mol. The first-order chi connectivity index (χ1) is 8.54. The summed E-state index contributed by atoms with van der Waals surface area (Å²) >= 11 is 0. The number of nitro groups is 1. The van der Waals surface area contributed by atoms with Gasteiger partial charge in [0.1, 0.15) is 6.07 Å². The van der Waals surface area contributed by atoms with Gasteiger partial charge in [-0.15, -0.1) is 0 Å². The monoisotopic (exact) mass is 250 g/mol. The third-order valence-electron chi connectivity index (χ3n) is 2.16. The molecule has 0 aliphatic carbocycles. The van der Waals surface area contributed by atoms with Crippen molar-refractivity contribution in [2.24, 2.45) is 0 Å². The van der Waals surface area contributed by atoms with Gasteiger partial charge in [0, 0.05) is 6.07 Å². The number of carbonyl (C=O) groups excluding carboxylic acids is 1. The normalized spacial score (nSPS) is 9.61. The van der Waals surface area contributed by atoms with E-state index in [9.17, 15) is 14.9 Å². The molecule has 94 valence electrons. The van der Waals surface area contributed by atoms with Gasteiger partial charge in [-0.3, -0.25) is 10.1 Å². The molecule has 0 spiro atoms. The maximum atomic E-state index is 11.6. The summed E-state index contributed by atoms with van der Waals surface area (Å²) in [4.78, 5) is 21.7. The van der Waals surface area contributed by atoms with Crippen molar-refractivity contribution in [3.05, 3.63) is 38.9 Å². The molecular weight excluding hydrogens is 240 g/mol. The van der Waals surface area contributed by atoms with Gasteiger partial charge in [0.15, 0.2) is 5.56 Å². The van der Waals surface area contributed by atoms with Gasteiger partial charge < -0.3 is 9.84 Å². The summed E-state index contributed by atoms with van der Waals surface area (Å²) in [6.45, 7) is 1.14. The third-order valence-corrected chi connectivity index (χ3v) is 2.16. The summed E-state index contributed by atoms with van der Waals surface area (Å²) in [5.74, 6) is -0.926. The number of esters is 1. The molecule has 0 fully saturated rings. The van der Waals surface area contributed by atoms with Crippen LogP contribution in [-0.2, 0) is 11.3 Å². The lowest BCUT2D eigenvalue weighted by atomic mass is 10.0. The second-order valence-corrected chi connectivity index (χ2v) is 3.29. The van der Waals surface area contributed by atoms with Crippen LogP contribution in [0.15, 0.2) is 12.1 Å². The van der Waals surface area contributed by atoms with E-state index in [0.29, 0.717) is 0 Å². The Morgan fingerprint density at radius 3 is 2.72 bits per heavy atom. The Labute approximate surface area is 102 Å². The molecule has 1 rings (SSSR count). The molecule has 0 heterocycles. The molecule has 1 aromatic carbocycles. The molecule has 0 aliphatic heterocycles.